The predicted molar refractivity (Wildman–Crippen MR) is 95.5 cm³/mol. The van der Waals surface area contributed by atoms with Gasteiger partial charge in [0, 0.05) is 44.8 Å². The maximum atomic E-state index is 12.0. The smallest absolute Gasteiger partial charge is 0.251 e. The van der Waals surface area contributed by atoms with Crippen molar-refractivity contribution in [3.05, 3.63) is 60.2 Å². The number of phenols is 1. The van der Waals surface area contributed by atoms with Gasteiger partial charge in [-0.1, -0.05) is 30.3 Å². The van der Waals surface area contributed by atoms with Crippen molar-refractivity contribution < 1.29 is 9.90 Å². The van der Waals surface area contributed by atoms with E-state index in [9.17, 15) is 9.90 Å². The fourth-order valence-electron chi connectivity index (χ4n) is 2.96. The molecule has 0 atom stereocenters. The van der Waals surface area contributed by atoms with Crippen LogP contribution in [-0.2, 0) is 0 Å². The summed E-state index contributed by atoms with van der Waals surface area (Å²) in [7, 11) is 0. The summed E-state index contributed by atoms with van der Waals surface area (Å²) in [5.41, 5.74) is 1.59. The van der Waals surface area contributed by atoms with Gasteiger partial charge in [-0.2, -0.15) is 0 Å². The first-order valence-electron chi connectivity index (χ1n) is 8.32. The SMILES string of the molecule is O=C(NCCN1CCN(c2ccccc2O)CC1)c1ccccc1. The van der Waals surface area contributed by atoms with E-state index in [-0.39, 0.29) is 5.91 Å². The first-order valence-corrected chi connectivity index (χ1v) is 8.32. The molecule has 1 amide bonds. The van der Waals surface area contributed by atoms with Crippen LogP contribution in [0, 0.1) is 0 Å². The van der Waals surface area contributed by atoms with Crippen molar-refractivity contribution in [3.8, 4) is 5.75 Å². The lowest BCUT2D eigenvalue weighted by molar-refractivity contribution is 0.0947. The zero-order valence-electron chi connectivity index (χ0n) is 13.7. The van der Waals surface area contributed by atoms with E-state index in [0.717, 1.165) is 38.4 Å². The second-order valence-corrected chi connectivity index (χ2v) is 5.94. The lowest BCUT2D eigenvalue weighted by atomic mass is 10.2. The molecule has 1 heterocycles. The van der Waals surface area contributed by atoms with Gasteiger partial charge in [0.15, 0.2) is 0 Å². The summed E-state index contributed by atoms with van der Waals surface area (Å²) in [6.07, 6.45) is 0. The summed E-state index contributed by atoms with van der Waals surface area (Å²) >= 11 is 0. The number of hydrogen-bond acceptors (Lipinski definition) is 4. The number of anilines is 1. The van der Waals surface area contributed by atoms with E-state index >= 15 is 0 Å². The summed E-state index contributed by atoms with van der Waals surface area (Å²) in [6.45, 7) is 5.09. The van der Waals surface area contributed by atoms with Gasteiger partial charge in [0.1, 0.15) is 5.75 Å². The minimum atomic E-state index is -0.0246. The molecular weight excluding hydrogens is 302 g/mol. The number of rotatable bonds is 5. The third-order valence-corrected chi connectivity index (χ3v) is 4.34. The standard InChI is InChI=1S/C19H23N3O2/c23-18-9-5-4-8-17(18)22-14-12-21(13-15-22)11-10-20-19(24)16-6-2-1-3-7-16/h1-9,23H,10-15H2,(H,20,24). The summed E-state index contributed by atoms with van der Waals surface area (Å²) in [5.74, 6) is 0.310. The number of para-hydroxylation sites is 2. The molecule has 0 radical (unpaired) electrons. The highest BCUT2D eigenvalue weighted by molar-refractivity contribution is 5.94. The van der Waals surface area contributed by atoms with Gasteiger partial charge < -0.3 is 15.3 Å². The highest BCUT2D eigenvalue weighted by Gasteiger charge is 2.18. The van der Waals surface area contributed by atoms with Crippen molar-refractivity contribution in [2.45, 2.75) is 0 Å². The highest BCUT2D eigenvalue weighted by atomic mass is 16.3. The van der Waals surface area contributed by atoms with Crippen molar-refractivity contribution in [1.82, 2.24) is 10.2 Å². The Balaban J connectivity index is 1.41. The number of amides is 1. The fraction of sp³-hybridized carbons (Fsp3) is 0.316. The fourth-order valence-corrected chi connectivity index (χ4v) is 2.96. The Kier molecular flexibility index (Phi) is 5.33. The van der Waals surface area contributed by atoms with Crippen LogP contribution in [0.4, 0.5) is 5.69 Å². The molecular formula is C19H23N3O2. The summed E-state index contributed by atoms with van der Waals surface area (Å²) in [5, 5.41) is 12.9. The Bertz CT molecular complexity index is 667. The molecule has 2 aromatic carbocycles. The molecule has 0 bridgehead atoms. The molecule has 2 aromatic rings. The van der Waals surface area contributed by atoms with Crippen LogP contribution in [-0.4, -0.2) is 55.2 Å². The lowest BCUT2D eigenvalue weighted by Gasteiger charge is -2.36. The monoisotopic (exact) mass is 325 g/mol. The van der Waals surface area contributed by atoms with E-state index < -0.39 is 0 Å². The van der Waals surface area contributed by atoms with Crippen molar-refractivity contribution in [2.24, 2.45) is 0 Å². The maximum absolute atomic E-state index is 12.0. The molecule has 5 heteroatoms. The Hall–Kier alpha value is -2.53. The quantitative estimate of drug-likeness (QED) is 0.882. The predicted octanol–water partition coefficient (Wildman–Crippen LogP) is 1.94. The number of nitrogens with zero attached hydrogens (tertiary/aromatic N) is 2. The van der Waals surface area contributed by atoms with Crippen LogP contribution in [0.5, 0.6) is 5.75 Å². The third-order valence-electron chi connectivity index (χ3n) is 4.34. The summed E-state index contributed by atoms with van der Waals surface area (Å²) in [6, 6.07) is 16.7. The average molecular weight is 325 g/mol. The molecule has 0 spiro atoms. The van der Waals surface area contributed by atoms with Gasteiger partial charge in [-0.15, -0.1) is 0 Å². The normalized spacial score (nSPS) is 15.2. The number of benzene rings is 2. The molecule has 2 N–H and O–H groups in total. The van der Waals surface area contributed by atoms with Gasteiger partial charge in [0.25, 0.3) is 5.91 Å². The van der Waals surface area contributed by atoms with E-state index in [1.54, 1.807) is 6.07 Å². The second kappa shape index (κ2) is 7.84. The van der Waals surface area contributed by atoms with Gasteiger partial charge in [0.2, 0.25) is 0 Å². The first kappa shape index (κ1) is 16.3. The summed E-state index contributed by atoms with van der Waals surface area (Å²) < 4.78 is 0. The van der Waals surface area contributed by atoms with Crippen LogP contribution in [0.2, 0.25) is 0 Å². The van der Waals surface area contributed by atoms with Crippen LogP contribution in [0.1, 0.15) is 10.4 Å². The Morgan fingerprint density at radius 1 is 0.958 bits per heavy atom. The van der Waals surface area contributed by atoms with Gasteiger partial charge in [-0.3, -0.25) is 9.69 Å². The van der Waals surface area contributed by atoms with Crippen LogP contribution in [0.25, 0.3) is 0 Å². The van der Waals surface area contributed by atoms with Crippen LogP contribution in [0.3, 0.4) is 0 Å². The van der Waals surface area contributed by atoms with Crippen LogP contribution in [0.15, 0.2) is 54.6 Å². The van der Waals surface area contributed by atoms with Crippen molar-refractivity contribution in [3.63, 3.8) is 0 Å². The topological polar surface area (TPSA) is 55.8 Å². The molecule has 126 valence electrons. The molecule has 0 aliphatic carbocycles. The molecule has 0 saturated carbocycles. The number of carbonyl (C=O) groups excluding carboxylic acids is 1. The maximum Gasteiger partial charge on any atom is 0.251 e. The number of aromatic hydroxyl groups is 1. The number of piperazine rings is 1. The number of hydrogen-bond donors (Lipinski definition) is 2. The van der Waals surface area contributed by atoms with Crippen molar-refractivity contribution in [2.75, 3.05) is 44.2 Å². The number of carbonyl (C=O) groups is 1. The third kappa shape index (κ3) is 4.06. The van der Waals surface area contributed by atoms with E-state index in [0.29, 0.717) is 17.9 Å². The van der Waals surface area contributed by atoms with E-state index in [1.165, 1.54) is 0 Å². The van der Waals surface area contributed by atoms with E-state index in [4.69, 9.17) is 0 Å². The number of phenolic OH excluding ortho intramolecular Hbond substituents is 1. The van der Waals surface area contributed by atoms with Gasteiger partial charge >= 0.3 is 0 Å². The number of nitrogens with one attached hydrogen (secondary N) is 1. The van der Waals surface area contributed by atoms with Crippen LogP contribution >= 0.6 is 0 Å². The molecule has 5 nitrogen and oxygen atoms in total. The van der Waals surface area contributed by atoms with E-state index in [1.807, 2.05) is 48.5 Å². The zero-order chi connectivity index (χ0) is 16.8. The largest absolute Gasteiger partial charge is 0.506 e. The van der Waals surface area contributed by atoms with E-state index in [2.05, 4.69) is 15.1 Å². The zero-order valence-corrected chi connectivity index (χ0v) is 13.7. The van der Waals surface area contributed by atoms with Gasteiger partial charge in [0.05, 0.1) is 5.69 Å². The Morgan fingerprint density at radius 3 is 2.33 bits per heavy atom. The van der Waals surface area contributed by atoms with Crippen molar-refractivity contribution in [1.29, 1.82) is 0 Å². The molecule has 1 aliphatic rings. The molecule has 0 aromatic heterocycles. The average Bonchev–Trinajstić information content (AvgIpc) is 2.63. The van der Waals surface area contributed by atoms with Crippen LogP contribution < -0.4 is 10.2 Å². The lowest BCUT2D eigenvalue weighted by Crippen LogP contribution is -2.48. The second-order valence-electron chi connectivity index (χ2n) is 5.94. The summed E-state index contributed by atoms with van der Waals surface area (Å²) in [4.78, 5) is 16.5. The molecule has 1 saturated heterocycles. The van der Waals surface area contributed by atoms with Crippen molar-refractivity contribution >= 4 is 11.6 Å². The molecule has 1 aliphatic heterocycles. The molecule has 3 rings (SSSR count). The Labute approximate surface area is 142 Å². The minimum Gasteiger partial charge on any atom is -0.506 e. The minimum absolute atomic E-state index is 0.0246. The molecule has 0 unspecified atom stereocenters. The molecule has 1 fully saturated rings. The molecule has 24 heavy (non-hydrogen) atoms. The van der Waals surface area contributed by atoms with Gasteiger partial charge in [-0.25, -0.2) is 0 Å². The van der Waals surface area contributed by atoms with Gasteiger partial charge in [-0.05, 0) is 24.3 Å². The first-order chi connectivity index (χ1) is 11.7. The highest BCUT2D eigenvalue weighted by Crippen LogP contribution is 2.26. The Morgan fingerprint density at radius 2 is 1.62 bits per heavy atom.